The minimum atomic E-state index is -1.77. The largest absolute Gasteiger partial charge is 1.00 e. The number of hydrogen-bond donors (Lipinski definition) is 0. The molecule has 2 rings (SSSR count). The van der Waals surface area contributed by atoms with Crippen LogP contribution in [0.5, 0.6) is 0 Å². The minimum absolute atomic E-state index is 0. The van der Waals surface area contributed by atoms with E-state index < -0.39 is 8.07 Å². The summed E-state index contributed by atoms with van der Waals surface area (Å²) in [4.78, 5) is 0. The van der Waals surface area contributed by atoms with Gasteiger partial charge in [-0.05, 0) is 0 Å². The molecular formula is C22H33Cl3SiTi. The molecule has 0 saturated carbocycles. The van der Waals surface area contributed by atoms with Crippen LogP contribution in [0.1, 0.15) is 52.7 Å². The van der Waals surface area contributed by atoms with Crippen molar-refractivity contribution in [3.63, 3.8) is 0 Å². The molecule has 2 unspecified atom stereocenters. The van der Waals surface area contributed by atoms with Gasteiger partial charge < -0.3 is 37.2 Å². The third-order valence-electron chi connectivity index (χ3n) is 6.53. The molecule has 0 aromatic heterocycles. The number of aryl methyl sites for hydroxylation is 2. The summed E-state index contributed by atoms with van der Waals surface area (Å²) in [6.45, 7) is 21.5. The Morgan fingerprint density at radius 3 is 1.67 bits per heavy atom. The first kappa shape index (κ1) is 29.7. The minimum Gasteiger partial charge on any atom is -1.00 e. The van der Waals surface area contributed by atoms with Gasteiger partial charge in [-0.25, -0.2) is 0 Å². The molecule has 0 N–H and O–H groups in total. The van der Waals surface area contributed by atoms with Crippen LogP contribution < -0.4 is 42.4 Å². The quantitative estimate of drug-likeness (QED) is 0.409. The molecule has 0 spiro atoms. The van der Waals surface area contributed by atoms with Crippen molar-refractivity contribution in [2.45, 2.75) is 73.0 Å². The van der Waals surface area contributed by atoms with Crippen molar-refractivity contribution in [2.24, 2.45) is 5.92 Å². The van der Waals surface area contributed by atoms with Gasteiger partial charge in [-0.15, -0.1) is 0 Å². The Bertz CT molecular complexity index is 693. The molecule has 0 nitrogen and oxygen atoms in total. The van der Waals surface area contributed by atoms with E-state index in [1.54, 1.807) is 14.6 Å². The molecule has 0 saturated heterocycles. The van der Waals surface area contributed by atoms with Gasteiger partial charge in [0.1, 0.15) is 0 Å². The second kappa shape index (κ2) is 10.5. The average molecular weight is 480 g/mol. The van der Waals surface area contributed by atoms with Gasteiger partial charge in [0.25, 0.3) is 0 Å². The summed E-state index contributed by atoms with van der Waals surface area (Å²) in [6, 6.07) is 8.61. The van der Waals surface area contributed by atoms with E-state index in [9.17, 15) is 0 Å². The summed E-state index contributed by atoms with van der Waals surface area (Å²) in [6.07, 6.45) is 0. The fourth-order valence-electron chi connectivity index (χ4n) is 4.82. The molecule has 0 heterocycles. The van der Waals surface area contributed by atoms with Crippen LogP contribution in [0, 0.1) is 19.8 Å². The van der Waals surface area contributed by atoms with Crippen molar-refractivity contribution in [3.8, 4) is 0 Å². The fraction of sp³-hybridized carbons (Fsp3) is 0.545. The van der Waals surface area contributed by atoms with Crippen LogP contribution in [0.3, 0.4) is 0 Å². The molecule has 0 bridgehead atoms. The monoisotopic (exact) mass is 478 g/mol. The molecule has 1 aromatic rings. The van der Waals surface area contributed by atoms with Gasteiger partial charge in [-0.1, -0.05) is 0 Å². The summed E-state index contributed by atoms with van der Waals surface area (Å²) in [5.41, 5.74) is 7.49. The first-order chi connectivity index (χ1) is 10.9. The summed E-state index contributed by atoms with van der Waals surface area (Å²) >= 11 is 2.39. The zero-order valence-electron chi connectivity index (χ0n) is 18.2. The van der Waals surface area contributed by atoms with Crippen molar-refractivity contribution in [1.82, 2.24) is 0 Å². The predicted octanol–water partition coefficient (Wildman–Crippen LogP) is -2.81. The maximum atomic E-state index is 2.64. The molecular weight excluding hydrogens is 447 g/mol. The maximum absolute atomic E-state index is 2.64. The zero-order chi connectivity index (χ0) is 18.4. The Labute approximate surface area is 198 Å². The Kier molecular flexibility index (Phi) is 11.6. The number of benzene rings is 1. The summed E-state index contributed by atoms with van der Waals surface area (Å²) in [5, 5.41) is 1.86. The standard InChI is InChI=1S/C22H33Si.3ClH.Ti/c1-15(2)14-23(9,21-11-16(3)10-17(4)12-21)22(8)13-18(5)19(6)20(22)7;;;;/h10-12,15H,14H2,1-9H3;3*1H;/q;;;;+3/p-3. The van der Waals surface area contributed by atoms with Crippen molar-refractivity contribution in [2.75, 3.05) is 0 Å². The van der Waals surface area contributed by atoms with Crippen molar-refractivity contribution >= 4 is 13.3 Å². The summed E-state index contributed by atoms with van der Waals surface area (Å²) in [7, 11) is -1.77. The molecule has 150 valence electrons. The normalized spacial score (nSPS) is 21.5. The Balaban J connectivity index is 0. The van der Waals surface area contributed by atoms with Gasteiger partial charge in [-0.3, -0.25) is 0 Å². The van der Waals surface area contributed by atoms with E-state index in [4.69, 9.17) is 0 Å². The van der Waals surface area contributed by atoms with Gasteiger partial charge in [0.15, 0.2) is 0 Å². The number of halogens is 3. The fourth-order valence-corrected chi connectivity index (χ4v) is 12.4. The van der Waals surface area contributed by atoms with Crippen LogP contribution in [-0.4, -0.2) is 8.07 Å². The van der Waals surface area contributed by atoms with Gasteiger partial charge in [0.05, 0.1) is 0 Å². The van der Waals surface area contributed by atoms with Crippen LogP contribution in [0.2, 0.25) is 17.6 Å². The molecule has 1 aliphatic rings. The summed E-state index contributed by atoms with van der Waals surface area (Å²) in [5.74, 6) is 0.723. The Morgan fingerprint density at radius 2 is 1.33 bits per heavy atom. The van der Waals surface area contributed by atoms with E-state index in [1.165, 1.54) is 28.3 Å². The Hall–Kier alpha value is 0.501. The second-order valence-electron chi connectivity index (χ2n) is 8.68. The SMILES string of the molecule is CC1=C(C)C(C)([Si](C)(CC(C)C)c2cc(C)cc(C)c2)[C]([Ti+3])=C1C.[Cl-].[Cl-].[Cl-]. The molecule has 1 aromatic carbocycles. The van der Waals surface area contributed by atoms with Crippen LogP contribution in [0.25, 0.3) is 0 Å². The first-order valence-electron chi connectivity index (χ1n) is 9.15. The van der Waals surface area contributed by atoms with Crippen molar-refractivity contribution in [1.29, 1.82) is 0 Å². The smallest absolute Gasteiger partial charge is 1.00 e. The van der Waals surface area contributed by atoms with E-state index in [0.29, 0.717) is 0 Å². The van der Waals surface area contributed by atoms with Crippen molar-refractivity contribution < 1.29 is 57.7 Å². The Morgan fingerprint density at radius 1 is 0.889 bits per heavy atom. The van der Waals surface area contributed by atoms with E-state index in [1.807, 2.05) is 0 Å². The van der Waals surface area contributed by atoms with Crippen LogP contribution in [-0.2, 0) is 20.4 Å². The van der Waals surface area contributed by atoms with E-state index in [-0.39, 0.29) is 42.3 Å². The molecule has 0 fully saturated rings. The maximum Gasteiger partial charge on any atom is -1.00 e. The third kappa shape index (κ3) is 4.98. The van der Waals surface area contributed by atoms with E-state index in [2.05, 4.69) is 101 Å². The topological polar surface area (TPSA) is 0 Å². The molecule has 0 amide bonds. The van der Waals surface area contributed by atoms with Gasteiger partial charge in [0, 0.05) is 0 Å². The molecule has 27 heavy (non-hydrogen) atoms. The number of rotatable bonds is 4. The molecule has 1 aliphatic carbocycles. The van der Waals surface area contributed by atoms with E-state index >= 15 is 0 Å². The second-order valence-corrected chi connectivity index (χ2v) is 14.1. The first-order valence-corrected chi connectivity index (χ1v) is 12.6. The molecule has 0 radical (unpaired) electrons. The molecule has 5 heteroatoms. The van der Waals surface area contributed by atoms with Crippen LogP contribution in [0.4, 0.5) is 0 Å². The van der Waals surface area contributed by atoms with E-state index in [0.717, 1.165) is 5.92 Å². The van der Waals surface area contributed by atoms with Gasteiger partial charge >= 0.3 is 163 Å². The summed E-state index contributed by atoms with van der Waals surface area (Å²) < 4.78 is 1.62. The molecule has 0 aliphatic heterocycles. The number of hydrogen-bond acceptors (Lipinski definition) is 0. The molecule has 2 atom stereocenters. The van der Waals surface area contributed by atoms with Gasteiger partial charge in [-0.2, -0.15) is 0 Å². The van der Waals surface area contributed by atoms with Gasteiger partial charge in [0.2, 0.25) is 0 Å². The predicted molar refractivity (Wildman–Crippen MR) is 106 cm³/mol. The average Bonchev–Trinajstić information content (AvgIpc) is 2.62. The van der Waals surface area contributed by atoms with Crippen LogP contribution in [0.15, 0.2) is 38.8 Å². The third-order valence-corrected chi connectivity index (χ3v) is 14.3. The van der Waals surface area contributed by atoms with Crippen molar-refractivity contribution in [3.05, 3.63) is 49.9 Å². The van der Waals surface area contributed by atoms with Crippen LogP contribution >= 0.6 is 0 Å². The number of allylic oxidation sites excluding steroid dienone is 4. The zero-order valence-corrected chi connectivity index (χ0v) is 23.0.